The number of piperidine rings is 1. The number of nitrogens with zero attached hydrogens (tertiary/aromatic N) is 2. The Kier molecular flexibility index (Phi) is 3.83. The molecule has 2 rings (SSSR count). The van der Waals surface area contributed by atoms with Crippen LogP contribution in [0.3, 0.4) is 0 Å². The fourth-order valence-electron chi connectivity index (χ4n) is 2.46. The molecule has 2 atom stereocenters. The highest BCUT2D eigenvalue weighted by Gasteiger charge is 2.34. The molecule has 1 amide bonds. The van der Waals surface area contributed by atoms with Crippen LogP contribution < -0.4 is 0 Å². The molecular weight excluding hydrogens is 242 g/mol. The van der Waals surface area contributed by atoms with Crippen molar-refractivity contribution in [3.05, 3.63) is 18.0 Å². The molecule has 0 aromatic carbocycles. The molecule has 0 bridgehead atoms. The van der Waals surface area contributed by atoms with Crippen molar-refractivity contribution in [1.82, 2.24) is 15.1 Å². The number of hydrogen-bond donors (Lipinski definition) is 1. The SMILES string of the molecule is C[C@@H]1CC[C@@H](c2cn[nH]c2)N(C(=O)OC(C)(C)C)C1. The number of amides is 1. The molecule has 1 saturated heterocycles. The Labute approximate surface area is 114 Å². The summed E-state index contributed by atoms with van der Waals surface area (Å²) in [5.41, 5.74) is 0.594. The molecule has 1 aromatic heterocycles. The van der Waals surface area contributed by atoms with Crippen molar-refractivity contribution in [1.29, 1.82) is 0 Å². The van der Waals surface area contributed by atoms with E-state index in [1.54, 1.807) is 6.20 Å². The maximum Gasteiger partial charge on any atom is 0.410 e. The first kappa shape index (κ1) is 13.9. The van der Waals surface area contributed by atoms with E-state index in [9.17, 15) is 4.79 Å². The molecule has 0 radical (unpaired) electrons. The summed E-state index contributed by atoms with van der Waals surface area (Å²) in [5, 5.41) is 6.80. The van der Waals surface area contributed by atoms with Crippen molar-refractivity contribution in [2.24, 2.45) is 5.92 Å². The van der Waals surface area contributed by atoms with E-state index >= 15 is 0 Å². The highest BCUT2D eigenvalue weighted by Crippen LogP contribution is 2.33. The normalized spacial score (nSPS) is 24.3. The molecule has 1 aromatic rings. The third kappa shape index (κ3) is 3.49. The number of carbonyl (C=O) groups is 1. The van der Waals surface area contributed by atoms with Crippen LogP contribution in [-0.4, -0.2) is 33.3 Å². The van der Waals surface area contributed by atoms with Crippen molar-refractivity contribution in [2.45, 2.75) is 52.2 Å². The van der Waals surface area contributed by atoms with Gasteiger partial charge in [-0.2, -0.15) is 5.10 Å². The zero-order valence-corrected chi connectivity index (χ0v) is 12.1. The summed E-state index contributed by atoms with van der Waals surface area (Å²) in [6.07, 6.45) is 5.50. The molecule has 19 heavy (non-hydrogen) atoms. The fourth-order valence-corrected chi connectivity index (χ4v) is 2.46. The monoisotopic (exact) mass is 265 g/mol. The summed E-state index contributed by atoms with van der Waals surface area (Å²) in [6.45, 7) is 8.59. The van der Waals surface area contributed by atoms with Gasteiger partial charge in [0.25, 0.3) is 0 Å². The van der Waals surface area contributed by atoms with Crippen LogP contribution in [0.5, 0.6) is 0 Å². The molecule has 1 aliphatic rings. The van der Waals surface area contributed by atoms with Gasteiger partial charge in [-0.1, -0.05) is 6.92 Å². The number of hydrogen-bond acceptors (Lipinski definition) is 3. The quantitative estimate of drug-likeness (QED) is 0.848. The lowest BCUT2D eigenvalue weighted by molar-refractivity contribution is 0.00364. The maximum absolute atomic E-state index is 12.3. The molecule has 1 N–H and O–H groups in total. The van der Waals surface area contributed by atoms with Crippen molar-refractivity contribution >= 4 is 6.09 Å². The van der Waals surface area contributed by atoms with Gasteiger partial charge in [0.15, 0.2) is 0 Å². The molecular formula is C14H23N3O2. The Morgan fingerprint density at radius 3 is 2.79 bits per heavy atom. The second-order valence-corrected chi connectivity index (χ2v) is 6.36. The Hall–Kier alpha value is -1.52. The van der Waals surface area contributed by atoms with Crippen LogP contribution in [0.1, 0.15) is 52.1 Å². The maximum atomic E-state index is 12.3. The average Bonchev–Trinajstić information content (AvgIpc) is 2.80. The van der Waals surface area contributed by atoms with E-state index in [0.717, 1.165) is 24.9 Å². The Balaban J connectivity index is 2.15. The highest BCUT2D eigenvalue weighted by atomic mass is 16.6. The molecule has 2 heterocycles. The Bertz CT molecular complexity index is 422. The molecule has 1 fully saturated rings. The van der Waals surface area contributed by atoms with Gasteiger partial charge in [0.2, 0.25) is 0 Å². The number of ether oxygens (including phenoxy) is 1. The minimum Gasteiger partial charge on any atom is -0.444 e. The van der Waals surface area contributed by atoms with Crippen LogP contribution >= 0.6 is 0 Å². The summed E-state index contributed by atoms with van der Waals surface area (Å²) in [5.74, 6) is 0.510. The van der Waals surface area contributed by atoms with Gasteiger partial charge in [0.1, 0.15) is 5.60 Å². The molecule has 0 saturated carbocycles. The zero-order chi connectivity index (χ0) is 14.0. The van der Waals surface area contributed by atoms with Crippen LogP contribution in [0, 0.1) is 5.92 Å². The third-order valence-corrected chi connectivity index (χ3v) is 3.35. The lowest BCUT2D eigenvalue weighted by atomic mass is 9.92. The van der Waals surface area contributed by atoms with E-state index < -0.39 is 5.60 Å². The van der Waals surface area contributed by atoms with E-state index in [0.29, 0.717) is 5.92 Å². The van der Waals surface area contributed by atoms with E-state index in [2.05, 4.69) is 17.1 Å². The van der Waals surface area contributed by atoms with Gasteiger partial charge >= 0.3 is 6.09 Å². The van der Waals surface area contributed by atoms with Gasteiger partial charge in [-0.05, 0) is 39.5 Å². The van der Waals surface area contributed by atoms with E-state index in [4.69, 9.17) is 4.74 Å². The van der Waals surface area contributed by atoms with E-state index in [1.807, 2.05) is 31.9 Å². The summed E-state index contributed by atoms with van der Waals surface area (Å²) < 4.78 is 5.51. The smallest absolute Gasteiger partial charge is 0.410 e. The number of carbonyl (C=O) groups excluding carboxylic acids is 1. The summed E-state index contributed by atoms with van der Waals surface area (Å²) in [7, 11) is 0. The topological polar surface area (TPSA) is 58.2 Å². The molecule has 5 nitrogen and oxygen atoms in total. The fraction of sp³-hybridized carbons (Fsp3) is 0.714. The van der Waals surface area contributed by atoms with Gasteiger partial charge in [0.05, 0.1) is 12.2 Å². The van der Waals surface area contributed by atoms with E-state index in [-0.39, 0.29) is 12.1 Å². The van der Waals surface area contributed by atoms with Crippen molar-refractivity contribution in [3.8, 4) is 0 Å². The van der Waals surface area contributed by atoms with Crippen LogP contribution in [0.15, 0.2) is 12.4 Å². The minimum absolute atomic E-state index is 0.0739. The molecule has 106 valence electrons. The van der Waals surface area contributed by atoms with Crippen LogP contribution in [0.25, 0.3) is 0 Å². The number of aromatic nitrogens is 2. The molecule has 1 aliphatic heterocycles. The van der Waals surface area contributed by atoms with Gasteiger partial charge in [-0.25, -0.2) is 4.79 Å². The predicted octanol–water partition coefficient (Wildman–Crippen LogP) is 3.12. The average molecular weight is 265 g/mol. The van der Waals surface area contributed by atoms with Crippen LogP contribution in [0.4, 0.5) is 4.79 Å². The number of nitrogens with one attached hydrogen (secondary N) is 1. The van der Waals surface area contributed by atoms with E-state index in [1.165, 1.54) is 0 Å². The summed E-state index contributed by atoms with van der Waals surface area (Å²) >= 11 is 0. The molecule has 5 heteroatoms. The molecule has 0 unspecified atom stereocenters. The predicted molar refractivity (Wildman–Crippen MR) is 72.7 cm³/mol. The van der Waals surface area contributed by atoms with Gasteiger partial charge in [0, 0.05) is 18.3 Å². The number of aromatic amines is 1. The lowest BCUT2D eigenvalue weighted by Crippen LogP contribution is -2.44. The Morgan fingerprint density at radius 2 is 2.21 bits per heavy atom. The number of H-pyrrole nitrogens is 1. The summed E-state index contributed by atoms with van der Waals surface area (Å²) in [6, 6.07) is 0.0739. The zero-order valence-electron chi connectivity index (χ0n) is 12.1. The number of likely N-dealkylation sites (tertiary alicyclic amines) is 1. The van der Waals surface area contributed by atoms with Crippen molar-refractivity contribution < 1.29 is 9.53 Å². The van der Waals surface area contributed by atoms with Crippen molar-refractivity contribution in [3.63, 3.8) is 0 Å². The van der Waals surface area contributed by atoms with Crippen molar-refractivity contribution in [2.75, 3.05) is 6.54 Å². The number of rotatable bonds is 1. The van der Waals surface area contributed by atoms with Gasteiger partial charge in [-0.15, -0.1) is 0 Å². The highest BCUT2D eigenvalue weighted by molar-refractivity contribution is 5.69. The minimum atomic E-state index is -0.460. The summed E-state index contributed by atoms with van der Waals surface area (Å²) in [4.78, 5) is 14.2. The molecule has 0 spiro atoms. The van der Waals surface area contributed by atoms with Gasteiger partial charge < -0.3 is 9.64 Å². The Morgan fingerprint density at radius 1 is 1.47 bits per heavy atom. The first-order valence-corrected chi connectivity index (χ1v) is 6.85. The standard InChI is InChI=1S/C14H23N3O2/c1-10-5-6-12(11-7-15-16-8-11)17(9-10)13(18)19-14(2,3)4/h7-8,10,12H,5-6,9H2,1-4H3,(H,15,16)/t10-,12+/m1/s1. The second kappa shape index (κ2) is 5.23. The van der Waals surface area contributed by atoms with Crippen LogP contribution in [-0.2, 0) is 4.74 Å². The first-order chi connectivity index (χ1) is 8.87. The van der Waals surface area contributed by atoms with Gasteiger partial charge in [-0.3, -0.25) is 5.10 Å². The van der Waals surface area contributed by atoms with Crippen LogP contribution in [0.2, 0.25) is 0 Å². The second-order valence-electron chi connectivity index (χ2n) is 6.36. The largest absolute Gasteiger partial charge is 0.444 e. The third-order valence-electron chi connectivity index (χ3n) is 3.35. The first-order valence-electron chi connectivity index (χ1n) is 6.85. The molecule has 0 aliphatic carbocycles. The lowest BCUT2D eigenvalue weighted by Gasteiger charge is -2.38.